The number of nitro groups is 1. The molecule has 0 fully saturated rings. The summed E-state index contributed by atoms with van der Waals surface area (Å²) in [6.07, 6.45) is 0. The van der Waals surface area contributed by atoms with Crippen molar-refractivity contribution in [3.8, 4) is 0 Å². The molecule has 1 aromatic rings. The highest BCUT2D eigenvalue weighted by Crippen LogP contribution is 2.19. The summed E-state index contributed by atoms with van der Waals surface area (Å²) in [6, 6.07) is 4.69. The molecule has 1 amide bonds. The summed E-state index contributed by atoms with van der Waals surface area (Å²) in [4.78, 5) is 21.7. The lowest BCUT2D eigenvalue weighted by atomic mass is 10.3. The number of nitro benzene ring substituents is 1. The van der Waals surface area contributed by atoms with Crippen molar-refractivity contribution in [2.24, 2.45) is 0 Å². The van der Waals surface area contributed by atoms with Crippen LogP contribution >= 0.6 is 0 Å². The summed E-state index contributed by atoms with van der Waals surface area (Å²) in [5.74, 6) is -0.468. The lowest BCUT2D eigenvalue weighted by molar-refractivity contribution is -0.385. The van der Waals surface area contributed by atoms with Crippen LogP contribution in [0.1, 0.15) is 0 Å². The Kier molecular flexibility index (Phi) is 8.41. The molecule has 0 aromatic heterocycles. The number of ether oxygens (including phenoxy) is 1. The number of benzene rings is 1. The SMILES string of the molecule is COCCNCCNC(=O)CN(C)S(=O)(=O)c1cccc([N+](=O)[O-])c1. The Balaban J connectivity index is 2.57. The van der Waals surface area contributed by atoms with Gasteiger partial charge in [-0.2, -0.15) is 4.31 Å². The Morgan fingerprint density at radius 2 is 2.04 bits per heavy atom. The fraction of sp³-hybridized carbons (Fsp3) is 0.500. The van der Waals surface area contributed by atoms with Crippen LogP contribution in [-0.2, 0) is 19.6 Å². The zero-order valence-corrected chi connectivity index (χ0v) is 14.9. The van der Waals surface area contributed by atoms with E-state index in [2.05, 4.69) is 10.6 Å². The predicted molar refractivity (Wildman–Crippen MR) is 90.7 cm³/mol. The molecule has 0 aliphatic heterocycles. The molecule has 0 bridgehead atoms. The van der Waals surface area contributed by atoms with E-state index in [-0.39, 0.29) is 17.1 Å². The summed E-state index contributed by atoms with van der Waals surface area (Å²) < 4.78 is 30.5. The van der Waals surface area contributed by atoms with Gasteiger partial charge in [0, 0.05) is 45.9 Å². The number of nitrogens with one attached hydrogen (secondary N) is 2. The number of amides is 1. The maximum atomic E-state index is 12.4. The van der Waals surface area contributed by atoms with Crippen molar-refractivity contribution >= 4 is 21.6 Å². The van der Waals surface area contributed by atoms with Gasteiger partial charge in [-0.3, -0.25) is 14.9 Å². The van der Waals surface area contributed by atoms with Crippen LogP contribution in [0.3, 0.4) is 0 Å². The average Bonchev–Trinajstić information content (AvgIpc) is 2.58. The summed E-state index contributed by atoms with van der Waals surface area (Å²) in [5, 5.41) is 16.4. The van der Waals surface area contributed by atoms with Crippen LogP contribution in [0, 0.1) is 10.1 Å². The van der Waals surface area contributed by atoms with Gasteiger partial charge in [-0.15, -0.1) is 0 Å². The van der Waals surface area contributed by atoms with Crippen LogP contribution < -0.4 is 10.6 Å². The Labute approximate surface area is 146 Å². The lowest BCUT2D eigenvalue weighted by Gasteiger charge is -2.17. The molecular weight excluding hydrogens is 352 g/mol. The monoisotopic (exact) mass is 374 g/mol. The number of rotatable bonds is 11. The molecule has 0 aliphatic rings. The molecule has 25 heavy (non-hydrogen) atoms. The molecule has 1 aromatic carbocycles. The fourth-order valence-corrected chi connectivity index (χ4v) is 3.04. The van der Waals surface area contributed by atoms with Crippen molar-refractivity contribution in [1.29, 1.82) is 0 Å². The van der Waals surface area contributed by atoms with Crippen molar-refractivity contribution in [1.82, 2.24) is 14.9 Å². The number of likely N-dealkylation sites (N-methyl/N-ethyl adjacent to an activating group) is 1. The zero-order valence-electron chi connectivity index (χ0n) is 14.1. The number of carbonyl (C=O) groups is 1. The highest BCUT2D eigenvalue weighted by Gasteiger charge is 2.24. The number of carbonyl (C=O) groups excluding carboxylic acids is 1. The number of methoxy groups -OCH3 is 1. The van der Waals surface area contributed by atoms with Crippen molar-refractivity contribution in [3.05, 3.63) is 34.4 Å². The summed E-state index contributed by atoms with van der Waals surface area (Å²) >= 11 is 0. The molecule has 0 saturated heterocycles. The first-order valence-electron chi connectivity index (χ1n) is 7.46. The van der Waals surface area contributed by atoms with Crippen molar-refractivity contribution in [2.45, 2.75) is 4.90 Å². The molecule has 1 rings (SSSR count). The van der Waals surface area contributed by atoms with Crippen LogP contribution in [0.4, 0.5) is 5.69 Å². The molecule has 0 radical (unpaired) electrons. The average molecular weight is 374 g/mol. The second kappa shape index (κ2) is 10.0. The molecule has 0 heterocycles. The Hall–Kier alpha value is -2.08. The van der Waals surface area contributed by atoms with Crippen LogP contribution in [0.25, 0.3) is 0 Å². The molecule has 0 unspecified atom stereocenters. The zero-order chi connectivity index (χ0) is 18.9. The van der Waals surface area contributed by atoms with Crippen molar-refractivity contribution in [2.75, 3.05) is 46.9 Å². The normalized spacial score (nSPS) is 11.5. The van der Waals surface area contributed by atoms with Gasteiger partial charge in [0.2, 0.25) is 15.9 Å². The Bertz CT molecular complexity index is 694. The number of nitrogens with zero attached hydrogens (tertiary/aromatic N) is 2. The molecule has 10 nitrogen and oxygen atoms in total. The van der Waals surface area contributed by atoms with Gasteiger partial charge in [-0.05, 0) is 6.07 Å². The minimum Gasteiger partial charge on any atom is -0.383 e. The Morgan fingerprint density at radius 1 is 1.32 bits per heavy atom. The highest BCUT2D eigenvalue weighted by atomic mass is 32.2. The summed E-state index contributed by atoms with van der Waals surface area (Å²) in [5.41, 5.74) is -0.332. The molecule has 0 spiro atoms. The summed E-state index contributed by atoms with van der Waals surface area (Å²) in [7, 11) is -1.17. The van der Waals surface area contributed by atoms with Crippen LogP contribution in [0.2, 0.25) is 0 Å². The number of hydrogen-bond acceptors (Lipinski definition) is 7. The number of non-ortho nitro benzene ring substituents is 1. The van der Waals surface area contributed by atoms with Gasteiger partial charge in [0.05, 0.1) is 23.0 Å². The van der Waals surface area contributed by atoms with Crippen LogP contribution in [0.5, 0.6) is 0 Å². The lowest BCUT2D eigenvalue weighted by Crippen LogP contribution is -2.40. The van der Waals surface area contributed by atoms with Gasteiger partial charge >= 0.3 is 0 Å². The van der Waals surface area contributed by atoms with E-state index in [9.17, 15) is 23.3 Å². The molecule has 11 heteroatoms. The third kappa shape index (κ3) is 6.74. The van der Waals surface area contributed by atoms with Gasteiger partial charge in [-0.25, -0.2) is 8.42 Å². The van der Waals surface area contributed by atoms with Gasteiger partial charge in [0.1, 0.15) is 0 Å². The van der Waals surface area contributed by atoms with Gasteiger partial charge in [0.15, 0.2) is 0 Å². The smallest absolute Gasteiger partial charge is 0.270 e. The molecule has 2 N–H and O–H groups in total. The third-order valence-electron chi connectivity index (χ3n) is 3.21. The van der Waals surface area contributed by atoms with E-state index < -0.39 is 20.9 Å². The maximum absolute atomic E-state index is 12.4. The maximum Gasteiger partial charge on any atom is 0.270 e. The minimum atomic E-state index is -4.00. The van der Waals surface area contributed by atoms with E-state index in [4.69, 9.17) is 4.74 Å². The van der Waals surface area contributed by atoms with Gasteiger partial charge in [-0.1, -0.05) is 6.07 Å². The topological polar surface area (TPSA) is 131 Å². The van der Waals surface area contributed by atoms with Gasteiger partial charge < -0.3 is 15.4 Å². The highest BCUT2D eigenvalue weighted by molar-refractivity contribution is 7.89. The fourth-order valence-electron chi connectivity index (χ4n) is 1.87. The summed E-state index contributed by atoms with van der Waals surface area (Å²) in [6.45, 7) is 1.68. The molecule has 0 atom stereocenters. The minimum absolute atomic E-state index is 0.238. The number of sulfonamides is 1. The van der Waals surface area contributed by atoms with Crippen LogP contribution in [0.15, 0.2) is 29.2 Å². The first-order chi connectivity index (χ1) is 11.8. The van der Waals surface area contributed by atoms with E-state index in [1.165, 1.54) is 25.2 Å². The largest absolute Gasteiger partial charge is 0.383 e. The third-order valence-corrected chi connectivity index (χ3v) is 5.01. The first kappa shape index (κ1) is 21.0. The van der Waals surface area contributed by atoms with E-state index >= 15 is 0 Å². The molecule has 0 saturated carbocycles. The molecular formula is C14H22N4O6S. The number of hydrogen-bond donors (Lipinski definition) is 2. The quantitative estimate of drug-likeness (QED) is 0.305. The van der Waals surface area contributed by atoms with Crippen LogP contribution in [-0.4, -0.2) is 70.5 Å². The second-order valence-electron chi connectivity index (χ2n) is 5.11. The van der Waals surface area contributed by atoms with Gasteiger partial charge in [0.25, 0.3) is 5.69 Å². The van der Waals surface area contributed by atoms with E-state index in [0.717, 1.165) is 10.4 Å². The standard InChI is InChI=1S/C14H22N4O6S/c1-17(11-14(19)16-7-6-15-8-9-24-2)25(22,23)13-5-3-4-12(10-13)18(20)21/h3-5,10,15H,6-9,11H2,1-2H3,(H,16,19). The van der Waals surface area contributed by atoms with Crippen molar-refractivity contribution in [3.63, 3.8) is 0 Å². The second-order valence-corrected chi connectivity index (χ2v) is 7.15. The molecule has 140 valence electrons. The molecule has 0 aliphatic carbocycles. The van der Waals surface area contributed by atoms with E-state index in [1.54, 1.807) is 7.11 Å². The van der Waals surface area contributed by atoms with E-state index in [1.807, 2.05) is 0 Å². The Morgan fingerprint density at radius 3 is 2.68 bits per heavy atom. The first-order valence-corrected chi connectivity index (χ1v) is 8.90. The predicted octanol–water partition coefficient (Wildman–Crippen LogP) is -0.432. The van der Waals surface area contributed by atoms with E-state index in [0.29, 0.717) is 26.2 Å². The van der Waals surface area contributed by atoms with Crippen molar-refractivity contribution < 1.29 is 22.9 Å².